The maximum absolute atomic E-state index is 13.6. The Bertz CT molecular complexity index is 457. The highest BCUT2D eigenvalue weighted by molar-refractivity contribution is 5.09. The number of alkyl halides is 8. The third-order valence-electron chi connectivity index (χ3n) is 5.11. The van der Waals surface area contributed by atoms with Crippen molar-refractivity contribution in [1.29, 1.82) is 0 Å². The first-order chi connectivity index (χ1) is 10.9. The summed E-state index contributed by atoms with van der Waals surface area (Å²) in [5, 5.41) is 0. The van der Waals surface area contributed by atoms with Crippen molar-refractivity contribution in [2.45, 2.75) is 69.1 Å². The topological polar surface area (TPSA) is 0 Å². The van der Waals surface area contributed by atoms with Gasteiger partial charge in [-0.2, -0.15) is 17.6 Å². The first kappa shape index (κ1) is 19.5. The van der Waals surface area contributed by atoms with Crippen LogP contribution in [0.1, 0.15) is 44.9 Å². The number of hydrogen-bond donors (Lipinski definition) is 0. The van der Waals surface area contributed by atoms with Gasteiger partial charge in [-0.25, -0.2) is 17.6 Å². The molecule has 0 aromatic heterocycles. The van der Waals surface area contributed by atoms with Gasteiger partial charge in [-0.15, -0.1) is 0 Å². The molecular weight excluding hydrogens is 344 g/mol. The minimum atomic E-state index is -4.72. The molecule has 2 aliphatic rings. The lowest BCUT2D eigenvalue weighted by molar-refractivity contribution is -0.228. The lowest BCUT2D eigenvalue weighted by Gasteiger charge is -2.28. The molecule has 0 nitrogen and oxygen atoms in total. The molecule has 3 unspecified atom stereocenters. The van der Waals surface area contributed by atoms with Gasteiger partial charge in [-0.1, -0.05) is 12.2 Å². The molecule has 1 saturated carbocycles. The van der Waals surface area contributed by atoms with Gasteiger partial charge in [-0.05, 0) is 43.4 Å². The van der Waals surface area contributed by atoms with Gasteiger partial charge in [0.2, 0.25) is 0 Å². The predicted molar refractivity (Wildman–Crippen MR) is 72.8 cm³/mol. The Balaban J connectivity index is 1.80. The SMILES string of the molecule is FC(F)C(F)(F)CCC(F)(F)C(F)(F)CCCC1CC2C=CC1C2. The summed E-state index contributed by atoms with van der Waals surface area (Å²) < 4.78 is 104. The molecule has 0 radical (unpaired) electrons. The maximum Gasteiger partial charge on any atom is 0.310 e. The summed E-state index contributed by atoms with van der Waals surface area (Å²) in [5.41, 5.74) is 0. The van der Waals surface area contributed by atoms with Gasteiger partial charge in [0.15, 0.2) is 0 Å². The molecule has 2 rings (SSSR count). The Morgan fingerprint density at radius 2 is 1.46 bits per heavy atom. The van der Waals surface area contributed by atoms with Gasteiger partial charge in [0.25, 0.3) is 0 Å². The molecule has 0 amide bonds. The highest BCUT2D eigenvalue weighted by Crippen LogP contribution is 2.47. The van der Waals surface area contributed by atoms with Crippen LogP contribution in [0, 0.1) is 17.8 Å². The van der Waals surface area contributed by atoms with E-state index < -0.39 is 43.5 Å². The molecule has 24 heavy (non-hydrogen) atoms. The Labute approximate surface area is 135 Å². The molecule has 0 N–H and O–H groups in total. The molecule has 2 bridgehead atoms. The van der Waals surface area contributed by atoms with Crippen LogP contribution in [0.3, 0.4) is 0 Å². The smallest absolute Gasteiger partial charge is 0.204 e. The van der Waals surface area contributed by atoms with Crippen LogP contribution < -0.4 is 0 Å². The van der Waals surface area contributed by atoms with Crippen LogP contribution >= 0.6 is 0 Å². The van der Waals surface area contributed by atoms with Crippen LogP contribution in [0.5, 0.6) is 0 Å². The van der Waals surface area contributed by atoms with Gasteiger partial charge >= 0.3 is 24.2 Å². The standard InChI is InChI=1S/C16H20F8/c17-13(18)14(19,20)6-7-16(23,24)15(21,22)5-1-2-11-8-10-3-4-12(11)9-10/h3-4,10-13H,1-2,5-9H2. The highest BCUT2D eigenvalue weighted by atomic mass is 19.3. The Hall–Kier alpha value is -0.820. The van der Waals surface area contributed by atoms with Crippen molar-refractivity contribution in [2.75, 3.05) is 0 Å². The zero-order valence-electron chi connectivity index (χ0n) is 12.9. The average Bonchev–Trinajstić information content (AvgIpc) is 3.07. The molecule has 0 aromatic rings. The predicted octanol–water partition coefficient (Wildman–Crippen LogP) is 6.32. The van der Waals surface area contributed by atoms with Crippen LogP contribution in [0.25, 0.3) is 0 Å². The van der Waals surface area contributed by atoms with Crippen molar-refractivity contribution >= 4 is 0 Å². The summed E-state index contributed by atoms with van der Waals surface area (Å²) in [6, 6.07) is 0. The summed E-state index contributed by atoms with van der Waals surface area (Å²) in [4.78, 5) is 0. The van der Waals surface area contributed by atoms with Crippen LogP contribution in [0.2, 0.25) is 0 Å². The van der Waals surface area contributed by atoms with Gasteiger partial charge < -0.3 is 0 Å². The molecule has 140 valence electrons. The first-order valence-corrected chi connectivity index (χ1v) is 8.04. The van der Waals surface area contributed by atoms with Crippen molar-refractivity contribution in [3.63, 3.8) is 0 Å². The molecule has 2 aliphatic carbocycles. The van der Waals surface area contributed by atoms with Crippen LogP contribution in [-0.2, 0) is 0 Å². The van der Waals surface area contributed by atoms with Gasteiger partial charge in [0.1, 0.15) is 0 Å². The summed E-state index contributed by atoms with van der Waals surface area (Å²) in [7, 11) is 0. The van der Waals surface area contributed by atoms with Gasteiger partial charge in [0, 0.05) is 19.3 Å². The summed E-state index contributed by atoms with van der Waals surface area (Å²) in [5.74, 6) is -12.9. The lowest BCUT2D eigenvalue weighted by Crippen LogP contribution is -2.42. The van der Waals surface area contributed by atoms with E-state index in [-0.39, 0.29) is 12.3 Å². The Morgan fingerprint density at radius 1 is 0.833 bits per heavy atom. The van der Waals surface area contributed by atoms with E-state index >= 15 is 0 Å². The summed E-state index contributed by atoms with van der Waals surface area (Å²) in [6.45, 7) is 0. The fourth-order valence-electron chi connectivity index (χ4n) is 3.61. The Morgan fingerprint density at radius 3 is 1.96 bits per heavy atom. The number of allylic oxidation sites excluding steroid dienone is 2. The van der Waals surface area contributed by atoms with E-state index in [1.165, 1.54) is 0 Å². The largest absolute Gasteiger partial charge is 0.310 e. The second-order valence-corrected chi connectivity index (χ2v) is 6.90. The zero-order valence-corrected chi connectivity index (χ0v) is 12.9. The monoisotopic (exact) mass is 364 g/mol. The molecule has 0 aliphatic heterocycles. The van der Waals surface area contributed by atoms with E-state index in [0.717, 1.165) is 12.8 Å². The highest BCUT2D eigenvalue weighted by Gasteiger charge is 2.57. The normalized spacial score (nSPS) is 27.5. The summed E-state index contributed by atoms with van der Waals surface area (Å²) >= 11 is 0. The van der Waals surface area contributed by atoms with Crippen LogP contribution in [0.4, 0.5) is 35.1 Å². The molecule has 0 saturated heterocycles. The van der Waals surface area contributed by atoms with E-state index in [4.69, 9.17) is 0 Å². The van der Waals surface area contributed by atoms with Gasteiger partial charge in [0.05, 0.1) is 0 Å². The fraction of sp³-hybridized carbons (Fsp3) is 0.875. The molecule has 0 spiro atoms. The van der Waals surface area contributed by atoms with Crippen molar-refractivity contribution in [3.05, 3.63) is 12.2 Å². The molecule has 0 aromatic carbocycles. The molecular formula is C16H20F8. The van der Waals surface area contributed by atoms with E-state index in [1.807, 2.05) is 6.08 Å². The molecule has 0 heterocycles. The van der Waals surface area contributed by atoms with Crippen molar-refractivity contribution < 1.29 is 35.1 Å². The minimum absolute atomic E-state index is 0.143. The second-order valence-electron chi connectivity index (χ2n) is 6.90. The lowest BCUT2D eigenvalue weighted by atomic mass is 9.87. The van der Waals surface area contributed by atoms with E-state index in [2.05, 4.69) is 6.08 Å². The average molecular weight is 364 g/mol. The van der Waals surface area contributed by atoms with E-state index in [1.54, 1.807) is 0 Å². The van der Waals surface area contributed by atoms with Crippen LogP contribution in [0.15, 0.2) is 12.2 Å². The third-order valence-corrected chi connectivity index (χ3v) is 5.11. The second kappa shape index (κ2) is 6.83. The number of halogens is 8. The number of hydrogen-bond acceptors (Lipinski definition) is 0. The zero-order chi connectivity index (χ0) is 18.2. The summed E-state index contributed by atoms with van der Waals surface area (Å²) in [6.07, 6.45) is -3.03. The molecule has 3 atom stereocenters. The Kier molecular flexibility index (Phi) is 5.55. The number of rotatable bonds is 9. The van der Waals surface area contributed by atoms with Crippen LogP contribution in [-0.4, -0.2) is 24.2 Å². The fourth-order valence-corrected chi connectivity index (χ4v) is 3.61. The third kappa shape index (κ3) is 4.23. The quantitative estimate of drug-likeness (QED) is 0.332. The van der Waals surface area contributed by atoms with Crippen molar-refractivity contribution in [2.24, 2.45) is 17.8 Å². The molecule has 1 fully saturated rings. The van der Waals surface area contributed by atoms with Gasteiger partial charge in [-0.3, -0.25) is 0 Å². The number of fused-ring (bicyclic) bond motifs is 2. The van der Waals surface area contributed by atoms with Crippen molar-refractivity contribution in [1.82, 2.24) is 0 Å². The van der Waals surface area contributed by atoms with Crippen molar-refractivity contribution in [3.8, 4) is 0 Å². The van der Waals surface area contributed by atoms with E-state index in [0.29, 0.717) is 18.3 Å². The minimum Gasteiger partial charge on any atom is -0.204 e. The molecule has 8 heteroatoms. The first-order valence-electron chi connectivity index (χ1n) is 8.04. The van der Waals surface area contributed by atoms with E-state index in [9.17, 15) is 35.1 Å². The maximum atomic E-state index is 13.6.